The molecule has 7 nitrogen and oxygen atoms in total. The molecule has 7 heteroatoms. The molecule has 1 aromatic heterocycles. The highest BCUT2D eigenvalue weighted by Crippen LogP contribution is 2.19. The van der Waals surface area contributed by atoms with E-state index in [0.29, 0.717) is 19.0 Å². The smallest absolute Gasteiger partial charge is 0.236 e. The van der Waals surface area contributed by atoms with Crippen LogP contribution in [-0.2, 0) is 16.0 Å². The number of hydrogen-bond acceptors (Lipinski definition) is 6. The zero-order valence-electron chi connectivity index (χ0n) is 14.2. The first-order valence-corrected chi connectivity index (χ1v) is 7.94. The normalized spacial score (nSPS) is 10.8. The molecule has 0 unspecified atom stereocenters. The first kappa shape index (κ1) is 17.9. The number of nitrogens with zero attached hydrogens (tertiary/aromatic N) is 2. The summed E-state index contributed by atoms with van der Waals surface area (Å²) >= 11 is 0. The topological polar surface area (TPSA) is 86.5 Å². The molecule has 0 fully saturated rings. The highest BCUT2D eigenvalue weighted by Gasteiger charge is 2.12. The second-order valence-electron chi connectivity index (χ2n) is 5.54. The van der Waals surface area contributed by atoms with E-state index in [9.17, 15) is 4.79 Å². The molecule has 0 atom stereocenters. The van der Waals surface area contributed by atoms with Gasteiger partial charge in [0, 0.05) is 18.7 Å². The molecule has 0 bridgehead atoms. The summed E-state index contributed by atoms with van der Waals surface area (Å²) < 4.78 is 15.6. The third-order valence-corrected chi connectivity index (χ3v) is 3.22. The molecule has 130 valence electrons. The Morgan fingerprint density at radius 2 is 2.04 bits per heavy atom. The van der Waals surface area contributed by atoms with Crippen molar-refractivity contribution in [1.29, 1.82) is 0 Å². The summed E-state index contributed by atoms with van der Waals surface area (Å²) in [6.07, 6.45) is 1.04. The fraction of sp³-hybridized carbons (Fsp3) is 0.471. The number of rotatable bonds is 9. The first-order valence-electron chi connectivity index (χ1n) is 7.94. The molecule has 1 N–H and O–H groups in total. The minimum absolute atomic E-state index is 0.0637. The molecule has 2 rings (SSSR count). The molecule has 0 aliphatic carbocycles. The Balaban J connectivity index is 1.79. The van der Waals surface area contributed by atoms with Crippen LogP contribution in [0.15, 0.2) is 28.8 Å². The molecular formula is C17H23N3O4. The van der Waals surface area contributed by atoms with Crippen LogP contribution in [0, 0.1) is 0 Å². The Kier molecular flexibility index (Phi) is 6.74. The molecule has 24 heavy (non-hydrogen) atoms. The fourth-order valence-corrected chi connectivity index (χ4v) is 2.00. The van der Waals surface area contributed by atoms with Gasteiger partial charge in [0.15, 0.2) is 0 Å². The molecule has 0 aliphatic heterocycles. The lowest BCUT2D eigenvalue weighted by Crippen LogP contribution is -2.27. The third-order valence-electron chi connectivity index (χ3n) is 3.22. The zero-order valence-corrected chi connectivity index (χ0v) is 14.2. The van der Waals surface area contributed by atoms with E-state index in [1.807, 2.05) is 38.1 Å². The number of carbonyl (C=O) groups excluding carboxylic acids is 1. The average Bonchev–Trinajstić information content (AvgIpc) is 3.02. The number of nitrogens with one attached hydrogen (secondary N) is 1. The maximum absolute atomic E-state index is 11.8. The molecule has 0 saturated carbocycles. The first-order chi connectivity index (χ1) is 11.6. The van der Waals surface area contributed by atoms with E-state index >= 15 is 0 Å². The SMILES string of the molecule is COc1ccc(-c2noc(CC(=O)NCCCOC(C)C)n2)cc1. The summed E-state index contributed by atoms with van der Waals surface area (Å²) in [6.45, 7) is 5.15. The Hall–Kier alpha value is -2.41. The van der Waals surface area contributed by atoms with Gasteiger partial charge in [-0.2, -0.15) is 4.98 Å². The van der Waals surface area contributed by atoms with Crippen LogP contribution < -0.4 is 10.1 Å². The largest absolute Gasteiger partial charge is 0.497 e. The van der Waals surface area contributed by atoms with Gasteiger partial charge in [-0.25, -0.2) is 0 Å². The van der Waals surface area contributed by atoms with Gasteiger partial charge in [0.25, 0.3) is 0 Å². The Morgan fingerprint density at radius 1 is 1.29 bits per heavy atom. The number of hydrogen-bond donors (Lipinski definition) is 1. The van der Waals surface area contributed by atoms with Gasteiger partial charge in [0.1, 0.15) is 12.2 Å². The molecule has 0 spiro atoms. The minimum Gasteiger partial charge on any atom is -0.497 e. The fourth-order valence-electron chi connectivity index (χ4n) is 2.00. The second kappa shape index (κ2) is 9.02. The van der Waals surface area contributed by atoms with Crippen molar-refractivity contribution in [2.24, 2.45) is 0 Å². The van der Waals surface area contributed by atoms with E-state index in [1.165, 1.54) is 0 Å². The molecule has 2 aromatic rings. The van der Waals surface area contributed by atoms with E-state index in [0.717, 1.165) is 17.7 Å². The van der Waals surface area contributed by atoms with Crippen LogP contribution >= 0.6 is 0 Å². The summed E-state index contributed by atoms with van der Waals surface area (Å²) in [5.74, 6) is 1.34. The summed E-state index contributed by atoms with van der Waals surface area (Å²) in [4.78, 5) is 16.1. The number of ether oxygens (including phenoxy) is 2. The lowest BCUT2D eigenvalue weighted by Gasteiger charge is -2.07. The molecular weight excluding hydrogens is 310 g/mol. The predicted molar refractivity (Wildman–Crippen MR) is 88.7 cm³/mol. The zero-order chi connectivity index (χ0) is 17.4. The van der Waals surface area contributed by atoms with Crippen LogP contribution in [0.25, 0.3) is 11.4 Å². The Labute approximate surface area is 141 Å². The maximum Gasteiger partial charge on any atom is 0.236 e. The van der Waals surface area contributed by atoms with Crippen LogP contribution in [0.5, 0.6) is 5.75 Å². The third kappa shape index (κ3) is 5.66. The summed E-state index contributed by atoms with van der Waals surface area (Å²) in [6, 6.07) is 7.30. The number of aromatic nitrogens is 2. The van der Waals surface area contributed by atoms with Crippen molar-refractivity contribution in [3.05, 3.63) is 30.2 Å². The van der Waals surface area contributed by atoms with Gasteiger partial charge in [-0.3, -0.25) is 4.79 Å². The molecule has 0 radical (unpaired) electrons. The molecule has 1 heterocycles. The minimum atomic E-state index is -0.149. The Morgan fingerprint density at radius 3 is 2.71 bits per heavy atom. The average molecular weight is 333 g/mol. The molecule has 1 aromatic carbocycles. The van der Waals surface area contributed by atoms with Gasteiger partial charge in [-0.05, 0) is 44.5 Å². The number of carbonyl (C=O) groups is 1. The van der Waals surface area contributed by atoms with E-state index < -0.39 is 0 Å². The van der Waals surface area contributed by atoms with Crippen molar-refractivity contribution in [2.75, 3.05) is 20.3 Å². The van der Waals surface area contributed by atoms with Crippen molar-refractivity contribution in [3.8, 4) is 17.1 Å². The van der Waals surface area contributed by atoms with Gasteiger partial charge in [-0.15, -0.1) is 0 Å². The lowest BCUT2D eigenvalue weighted by molar-refractivity contribution is -0.120. The van der Waals surface area contributed by atoms with Crippen LogP contribution in [0.4, 0.5) is 0 Å². The standard InChI is InChI=1S/C17H23N3O4/c1-12(2)23-10-4-9-18-15(21)11-16-19-17(20-24-16)13-5-7-14(22-3)8-6-13/h5-8,12H,4,9-11H2,1-3H3,(H,18,21). The van der Waals surface area contributed by atoms with Crippen molar-refractivity contribution in [3.63, 3.8) is 0 Å². The molecule has 0 aliphatic rings. The summed E-state index contributed by atoms with van der Waals surface area (Å²) in [7, 11) is 1.61. The summed E-state index contributed by atoms with van der Waals surface area (Å²) in [5, 5.41) is 6.70. The van der Waals surface area contributed by atoms with Crippen LogP contribution in [0.3, 0.4) is 0 Å². The van der Waals surface area contributed by atoms with Crippen molar-refractivity contribution < 1.29 is 18.8 Å². The van der Waals surface area contributed by atoms with Crippen molar-refractivity contribution in [1.82, 2.24) is 15.5 Å². The quantitative estimate of drug-likeness (QED) is 0.708. The van der Waals surface area contributed by atoms with Crippen LogP contribution in [-0.4, -0.2) is 42.4 Å². The maximum atomic E-state index is 11.8. The van der Waals surface area contributed by atoms with Crippen LogP contribution in [0.2, 0.25) is 0 Å². The van der Waals surface area contributed by atoms with Gasteiger partial charge in [-0.1, -0.05) is 5.16 Å². The van der Waals surface area contributed by atoms with E-state index in [1.54, 1.807) is 7.11 Å². The van der Waals surface area contributed by atoms with E-state index in [-0.39, 0.29) is 24.3 Å². The van der Waals surface area contributed by atoms with Crippen molar-refractivity contribution >= 4 is 5.91 Å². The summed E-state index contributed by atoms with van der Waals surface area (Å²) in [5.41, 5.74) is 0.803. The highest BCUT2D eigenvalue weighted by molar-refractivity contribution is 5.77. The molecule has 0 saturated heterocycles. The van der Waals surface area contributed by atoms with E-state index in [4.69, 9.17) is 14.0 Å². The van der Waals surface area contributed by atoms with Crippen LogP contribution in [0.1, 0.15) is 26.2 Å². The number of methoxy groups -OCH3 is 1. The Bertz CT molecular complexity index is 638. The second-order valence-corrected chi connectivity index (χ2v) is 5.54. The van der Waals surface area contributed by atoms with Gasteiger partial charge >= 0.3 is 0 Å². The van der Waals surface area contributed by atoms with Crippen molar-refractivity contribution in [2.45, 2.75) is 32.8 Å². The predicted octanol–water partition coefficient (Wildman–Crippen LogP) is 2.22. The molecule has 1 amide bonds. The highest BCUT2D eigenvalue weighted by atomic mass is 16.5. The number of benzene rings is 1. The van der Waals surface area contributed by atoms with E-state index in [2.05, 4.69) is 15.5 Å². The van der Waals surface area contributed by atoms with Gasteiger partial charge in [0.05, 0.1) is 13.2 Å². The monoisotopic (exact) mass is 333 g/mol. The number of amides is 1. The van der Waals surface area contributed by atoms with Gasteiger partial charge < -0.3 is 19.3 Å². The van der Waals surface area contributed by atoms with Gasteiger partial charge in [0.2, 0.25) is 17.6 Å². The lowest BCUT2D eigenvalue weighted by atomic mass is 10.2.